The van der Waals surface area contributed by atoms with Gasteiger partial charge in [0, 0.05) is 5.75 Å². The van der Waals surface area contributed by atoms with Crippen molar-refractivity contribution >= 4 is 42.3 Å². The number of nitrogens with one attached hydrogen (secondary N) is 3. The van der Waals surface area contributed by atoms with Crippen LogP contribution >= 0.6 is 12.6 Å². The molecule has 0 aliphatic rings. The van der Waals surface area contributed by atoms with E-state index in [0.29, 0.717) is 0 Å². The maximum absolute atomic E-state index is 12.3. The Morgan fingerprint density at radius 1 is 0.962 bits per heavy atom. The van der Waals surface area contributed by atoms with Crippen LogP contribution in [0.5, 0.6) is 0 Å². The number of carbonyl (C=O) groups is 5. The van der Waals surface area contributed by atoms with Crippen LogP contribution in [0.4, 0.5) is 0 Å². The minimum Gasteiger partial charge on any atom is -0.481 e. The van der Waals surface area contributed by atoms with E-state index in [4.69, 9.17) is 15.9 Å². The molecule has 0 fully saturated rings. The van der Waals surface area contributed by atoms with E-state index < -0.39 is 60.1 Å². The van der Waals surface area contributed by atoms with E-state index in [1.807, 2.05) is 0 Å². The molecule has 148 valence electrons. The maximum atomic E-state index is 12.3. The Hall–Kier alpha value is -2.34. The van der Waals surface area contributed by atoms with Crippen LogP contribution in [0.25, 0.3) is 0 Å². The van der Waals surface area contributed by atoms with Gasteiger partial charge in [-0.2, -0.15) is 12.6 Å². The zero-order valence-electron chi connectivity index (χ0n) is 14.4. The van der Waals surface area contributed by atoms with Gasteiger partial charge in [-0.25, -0.2) is 4.79 Å². The zero-order chi connectivity index (χ0) is 20.4. The number of aliphatic carboxylic acids is 2. The molecule has 0 aliphatic carbocycles. The lowest BCUT2D eigenvalue weighted by Gasteiger charge is -2.25. The Bertz CT molecular complexity index is 555. The smallest absolute Gasteiger partial charge is 0.326 e. The van der Waals surface area contributed by atoms with Gasteiger partial charge in [-0.1, -0.05) is 13.8 Å². The van der Waals surface area contributed by atoms with Crippen LogP contribution in [-0.4, -0.2) is 70.3 Å². The monoisotopic (exact) mass is 392 g/mol. The first kappa shape index (κ1) is 23.7. The first-order valence-electron chi connectivity index (χ1n) is 7.69. The summed E-state index contributed by atoms with van der Waals surface area (Å²) in [7, 11) is 0. The van der Waals surface area contributed by atoms with Gasteiger partial charge < -0.3 is 31.9 Å². The zero-order valence-corrected chi connectivity index (χ0v) is 15.3. The van der Waals surface area contributed by atoms with Crippen molar-refractivity contribution < 1.29 is 34.2 Å². The van der Waals surface area contributed by atoms with Gasteiger partial charge in [0.2, 0.25) is 17.7 Å². The Morgan fingerprint density at radius 2 is 1.54 bits per heavy atom. The quantitative estimate of drug-likeness (QED) is 0.189. The molecule has 0 aliphatic heterocycles. The van der Waals surface area contributed by atoms with Crippen molar-refractivity contribution in [2.24, 2.45) is 11.7 Å². The molecule has 3 atom stereocenters. The molecule has 12 heteroatoms. The third-order valence-electron chi connectivity index (χ3n) is 3.26. The average Bonchev–Trinajstić information content (AvgIpc) is 2.55. The Balaban J connectivity index is 5.12. The van der Waals surface area contributed by atoms with Gasteiger partial charge in [0.05, 0.1) is 13.0 Å². The maximum Gasteiger partial charge on any atom is 0.326 e. The molecule has 0 saturated heterocycles. The summed E-state index contributed by atoms with van der Waals surface area (Å²) in [5.74, 6) is -5.56. The molecule has 0 spiro atoms. The van der Waals surface area contributed by atoms with Crippen LogP contribution in [0.3, 0.4) is 0 Å². The summed E-state index contributed by atoms with van der Waals surface area (Å²) in [6.45, 7) is 2.87. The predicted molar refractivity (Wildman–Crippen MR) is 93.4 cm³/mol. The molecule has 0 saturated carbocycles. The number of hydrogen-bond donors (Lipinski definition) is 7. The van der Waals surface area contributed by atoms with E-state index in [-0.39, 0.29) is 12.3 Å². The van der Waals surface area contributed by atoms with Crippen molar-refractivity contribution in [3.63, 3.8) is 0 Å². The Labute approximate surface area is 155 Å². The van der Waals surface area contributed by atoms with E-state index in [2.05, 4.69) is 28.6 Å². The molecule has 0 aromatic carbocycles. The highest BCUT2D eigenvalue weighted by Gasteiger charge is 2.31. The number of rotatable bonds is 11. The van der Waals surface area contributed by atoms with Gasteiger partial charge in [-0.05, 0) is 5.92 Å². The van der Waals surface area contributed by atoms with Crippen LogP contribution in [0.15, 0.2) is 0 Å². The standard InChI is InChI=1S/C14H24N4O7S/c1-6(2)11(13(23)17-7(14(24)25)3-10(20)21)18-12(22)8(5-26)16-9(19)4-15/h6-8,11,26H,3-5,15H2,1-2H3,(H,16,19)(H,17,23)(H,18,22)(H,20,21)(H,24,25). The summed E-state index contributed by atoms with van der Waals surface area (Å²) in [5, 5.41) is 24.5. The van der Waals surface area contributed by atoms with E-state index in [1.54, 1.807) is 13.8 Å². The predicted octanol–water partition coefficient (Wildman–Crippen LogP) is -2.46. The molecule has 0 bridgehead atoms. The lowest BCUT2D eigenvalue weighted by molar-refractivity contribution is -0.147. The molecule has 26 heavy (non-hydrogen) atoms. The summed E-state index contributed by atoms with van der Waals surface area (Å²) in [6, 6.07) is -3.83. The molecule has 0 heterocycles. The molecular formula is C14H24N4O7S. The number of carboxylic acids is 2. The summed E-state index contributed by atoms with van der Waals surface area (Å²) >= 11 is 3.95. The first-order chi connectivity index (χ1) is 12.0. The minimum absolute atomic E-state index is 0.0548. The Morgan fingerprint density at radius 3 is 1.92 bits per heavy atom. The average molecular weight is 392 g/mol. The molecule has 0 radical (unpaired) electrons. The summed E-state index contributed by atoms with van der Waals surface area (Å²) in [4.78, 5) is 57.6. The number of carboxylic acid groups (broad SMARTS) is 2. The molecule has 3 amide bonds. The van der Waals surface area contributed by atoms with Crippen LogP contribution in [0, 0.1) is 5.92 Å². The number of carbonyl (C=O) groups excluding carboxylic acids is 3. The molecule has 3 unspecified atom stereocenters. The van der Waals surface area contributed by atoms with Gasteiger partial charge in [0.25, 0.3) is 0 Å². The van der Waals surface area contributed by atoms with E-state index in [1.165, 1.54) is 0 Å². The number of thiol groups is 1. The van der Waals surface area contributed by atoms with Crippen molar-refractivity contribution in [2.45, 2.75) is 38.4 Å². The molecular weight excluding hydrogens is 368 g/mol. The fourth-order valence-electron chi connectivity index (χ4n) is 1.87. The Kier molecular flexibility index (Phi) is 10.3. The van der Waals surface area contributed by atoms with E-state index in [0.717, 1.165) is 0 Å². The van der Waals surface area contributed by atoms with Crippen molar-refractivity contribution in [1.82, 2.24) is 16.0 Å². The van der Waals surface area contributed by atoms with Crippen molar-refractivity contribution in [3.05, 3.63) is 0 Å². The van der Waals surface area contributed by atoms with Crippen molar-refractivity contribution in [3.8, 4) is 0 Å². The number of amides is 3. The number of nitrogens with two attached hydrogens (primary N) is 1. The third kappa shape index (κ3) is 8.16. The normalized spacial score (nSPS) is 14.0. The highest BCUT2D eigenvalue weighted by molar-refractivity contribution is 7.80. The van der Waals surface area contributed by atoms with Crippen LogP contribution < -0.4 is 21.7 Å². The minimum atomic E-state index is -1.64. The van der Waals surface area contributed by atoms with Crippen molar-refractivity contribution in [1.29, 1.82) is 0 Å². The highest BCUT2D eigenvalue weighted by atomic mass is 32.1. The van der Waals surface area contributed by atoms with Crippen molar-refractivity contribution in [2.75, 3.05) is 12.3 Å². The molecule has 7 N–H and O–H groups in total. The number of hydrogen-bond acceptors (Lipinski definition) is 7. The van der Waals surface area contributed by atoms with E-state index in [9.17, 15) is 24.0 Å². The molecule has 0 rings (SSSR count). The van der Waals surface area contributed by atoms with Crippen LogP contribution in [0.1, 0.15) is 20.3 Å². The van der Waals surface area contributed by atoms with Gasteiger partial charge >= 0.3 is 11.9 Å². The van der Waals surface area contributed by atoms with Crippen LogP contribution in [-0.2, 0) is 24.0 Å². The van der Waals surface area contributed by atoms with Crippen LogP contribution in [0.2, 0.25) is 0 Å². The largest absolute Gasteiger partial charge is 0.481 e. The van der Waals surface area contributed by atoms with Gasteiger partial charge in [-0.3, -0.25) is 19.2 Å². The summed E-state index contributed by atoms with van der Waals surface area (Å²) in [5.41, 5.74) is 5.16. The fraction of sp³-hybridized carbons (Fsp3) is 0.643. The van der Waals surface area contributed by atoms with Gasteiger partial charge in [-0.15, -0.1) is 0 Å². The second-order valence-corrected chi connectivity index (χ2v) is 6.10. The third-order valence-corrected chi connectivity index (χ3v) is 3.63. The van der Waals surface area contributed by atoms with E-state index >= 15 is 0 Å². The lowest BCUT2D eigenvalue weighted by atomic mass is 10.0. The summed E-state index contributed by atoms with van der Waals surface area (Å²) in [6.07, 6.45) is -0.814. The molecule has 0 aromatic heterocycles. The summed E-state index contributed by atoms with van der Waals surface area (Å²) < 4.78 is 0. The SMILES string of the molecule is CC(C)C(NC(=O)C(CS)NC(=O)CN)C(=O)NC(CC(=O)O)C(=O)O. The highest BCUT2D eigenvalue weighted by Crippen LogP contribution is 2.05. The lowest BCUT2D eigenvalue weighted by Crippen LogP contribution is -2.58. The second-order valence-electron chi connectivity index (χ2n) is 5.73. The first-order valence-corrected chi connectivity index (χ1v) is 8.32. The van der Waals surface area contributed by atoms with Gasteiger partial charge in [0.1, 0.15) is 18.1 Å². The molecule has 0 aromatic rings. The second kappa shape index (κ2) is 11.3. The fourth-order valence-corrected chi connectivity index (χ4v) is 2.13. The van der Waals surface area contributed by atoms with Gasteiger partial charge in [0.15, 0.2) is 0 Å². The molecule has 11 nitrogen and oxygen atoms in total. The topological polar surface area (TPSA) is 188 Å².